The van der Waals surface area contributed by atoms with Crippen LogP contribution in [0.3, 0.4) is 0 Å². The number of carboxylic acid groups (broad SMARTS) is 1. The zero-order valence-electron chi connectivity index (χ0n) is 9.72. The summed E-state index contributed by atoms with van der Waals surface area (Å²) in [4.78, 5) is 22.6. The quantitative estimate of drug-likeness (QED) is 0.910. The van der Waals surface area contributed by atoms with Gasteiger partial charge in [-0.1, -0.05) is 27.5 Å². The Labute approximate surface area is 121 Å². The Bertz CT molecular complexity index is 727. The number of aromatic nitrogens is 2. The molecule has 0 spiro atoms. The number of carboxylic acids is 1. The fourth-order valence-corrected chi connectivity index (χ4v) is 2.09. The van der Waals surface area contributed by atoms with Crippen molar-refractivity contribution in [2.24, 2.45) is 0 Å². The van der Waals surface area contributed by atoms with Crippen LogP contribution in [0.25, 0.3) is 5.69 Å². The van der Waals surface area contributed by atoms with E-state index >= 15 is 0 Å². The van der Waals surface area contributed by atoms with Gasteiger partial charge in [0.1, 0.15) is 0 Å². The van der Waals surface area contributed by atoms with Crippen LogP contribution in [0.2, 0.25) is 5.02 Å². The van der Waals surface area contributed by atoms with Crippen LogP contribution < -0.4 is 5.43 Å². The predicted octanol–water partition coefficient (Wildman–Crippen LogP) is 2.66. The molecule has 0 radical (unpaired) electrons. The van der Waals surface area contributed by atoms with Gasteiger partial charge in [0.2, 0.25) is 11.1 Å². The molecule has 0 aliphatic carbocycles. The summed E-state index contributed by atoms with van der Waals surface area (Å²) in [6.07, 6.45) is 1.45. The molecule has 0 amide bonds. The van der Waals surface area contributed by atoms with E-state index in [0.29, 0.717) is 10.7 Å². The molecular formula is C12H8BrClN2O3. The second kappa shape index (κ2) is 5.14. The maximum absolute atomic E-state index is 11.6. The lowest BCUT2D eigenvalue weighted by atomic mass is 10.2. The molecule has 98 valence electrons. The van der Waals surface area contributed by atoms with Gasteiger partial charge in [-0.3, -0.25) is 4.79 Å². The Balaban J connectivity index is 2.73. The Hall–Kier alpha value is -1.66. The Morgan fingerprint density at radius 1 is 1.47 bits per heavy atom. The van der Waals surface area contributed by atoms with Crippen LogP contribution in [0.5, 0.6) is 0 Å². The summed E-state index contributed by atoms with van der Waals surface area (Å²) in [5, 5.41) is 13.2. The number of aromatic carboxylic acids is 1. The van der Waals surface area contributed by atoms with Crippen molar-refractivity contribution in [3.05, 3.63) is 55.4 Å². The fraction of sp³-hybridized carbons (Fsp3) is 0.0833. The van der Waals surface area contributed by atoms with Crippen molar-refractivity contribution < 1.29 is 9.90 Å². The normalized spacial score (nSPS) is 10.5. The second-order valence-electron chi connectivity index (χ2n) is 3.84. The van der Waals surface area contributed by atoms with E-state index in [1.807, 2.05) is 0 Å². The summed E-state index contributed by atoms with van der Waals surface area (Å²) >= 11 is 9.34. The highest BCUT2D eigenvalue weighted by Gasteiger charge is 2.15. The van der Waals surface area contributed by atoms with E-state index in [2.05, 4.69) is 21.0 Å². The lowest BCUT2D eigenvalue weighted by molar-refractivity contribution is 0.0686. The third kappa shape index (κ3) is 2.69. The van der Waals surface area contributed by atoms with E-state index in [9.17, 15) is 9.59 Å². The first-order chi connectivity index (χ1) is 8.90. The van der Waals surface area contributed by atoms with Gasteiger partial charge >= 0.3 is 5.97 Å². The highest BCUT2D eigenvalue weighted by atomic mass is 79.9. The maximum Gasteiger partial charge on any atom is 0.360 e. The molecule has 0 aliphatic rings. The first-order valence-corrected chi connectivity index (χ1v) is 6.36. The topological polar surface area (TPSA) is 72.2 Å². The number of hydrogen-bond acceptors (Lipinski definition) is 3. The van der Waals surface area contributed by atoms with Crippen molar-refractivity contribution in [3.63, 3.8) is 0 Å². The van der Waals surface area contributed by atoms with Gasteiger partial charge < -0.3 is 5.11 Å². The van der Waals surface area contributed by atoms with Crippen LogP contribution in [0.1, 0.15) is 16.1 Å². The minimum Gasteiger partial charge on any atom is -0.476 e. The number of benzene rings is 1. The summed E-state index contributed by atoms with van der Waals surface area (Å²) < 4.78 is 2.05. The SMILES string of the molecule is Cc1cn(-c2cc(Br)ccc2Cl)nc(C(=O)O)c1=O. The van der Waals surface area contributed by atoms with E-state index in [0.717, 1.165) is 4.47 Å². The smallest absolute Gasteiger partial charge is 0.360 e. The molecule has 1 aromatic heterocycles. The Morgan fingerprint density at radius 3 is 2.79 bits per heavy atom. The van der Waals surface area contributed by atoms with Crippen LogP contribution in [-0.4, -0.2) is 20.9 Å². The van der Waals surface area contributed by atoms with Gasteiger partial charge in [0.15, 0.2) is 0 Å². The lowest BCUT2D eigenvalue weighted by Gasteiger charge is -2.09. The average Bonchev–Trinajstić information content (AvgIpc) is 2.35. The zero-order valence-corrected chi connectivity index (χ0v) is 12.1. The molecule has 1 aromatic carbocycles. The van der Waals surface area contributed by atoms with Crippen molar-refractivity contribution in [3.8, 4) is 5.69 Å². The minimum atomic E-state index is -1.37. The van der Waals surface area contributed by atoms with E-state index in [1.54, 1.807) is 18.2 Å². The van der Waals surface area contributed by atoms with Crippen molar-refractivity contribution >= 4 is 33.5 Å². The molecule has 0 fully saturated rings. The van der Waals surface area contributed by atoms with Crippen LogP contribution >= 0.6 is 27.5 Å². The van der Waals surface area contributed by atoms with Crippen molar-refractivity contribution in [2.45, 2.75) is 6.92 Å². The third-order valence-corrected chi connectivity index (χ3v) is 3.27. The molecule has 5 nitrogen and oxygen atoms in total. The molecule has 2 rings (SSSR count). The van der Waals surface area contributed by atoms with Gasteiger partial charge in [0.25, 0.3) is 0 Å². The highest BCUT2D eigenvalue weighted by Crippen LogP contribution is 2.23. The molecule has 0 saturated heterocycles. The molecule has 0 aliphatic heterocycles. The number of halogens is 2. The molecule has 1 heterocycles. The minimum absolute atomic E-state index is 0.281. The number of carbonyl (C=O) groups is 1. The largest absolute Gasteiger partial charge is 0.476 e. The Kier molecular flexibility index (Phi) is 3.73. The second-order valence-corrected chi connectivity index (χ2v) is 5.16. The summed E-state index contributed by atoms with van der Waals surface area (Å²) in [5.74, 6) is -1.37. The van der Waals surface area contributed by atoms with Crippen LogP contribution in [0.4, 0.5) is 0 Å². The van der Waals surface area contributed by atoms with Crippen LogP contribution in [0, 0.1) is 6.92 Å². The highest BCUT2D eigenvalue weighted by molar-refractivity contribution is 9.10. The van der Waals surface area contributed by atoms with Gasteiger partial charge in [-0.15, -0.1) is 0 Å². The maximum atomic E-state index is 11.6. The van der Waals surface area contributed by atoms with E-state index in [1.165, 1.54) is 17.8 Å². The van der Waals surface area contributed by atoms with Gasteiger partial charge in [-0.2, -0.15) is 5.10 Å². The van der Waals surface area contributed by atoms with Gasteiger partial charge in [0.05, 0.1) is 10.7 Å². The summed E-state index contributed by atoms with van der Waals surface area (Å²) in [5.41, 5.74) is -0.365. The van der Waals surface area contributed by atoms with E-state index in [-0.39, 0.29) is 5.56 Å². The van der Waals surface area contributed by atoms with Crippen molar-refractivity contribution in [1.82, 2.24) is 9.78 Å². The predicted molar refractivity (Wildman–Crippen MR) is 74.2 cm³/mol. The molecule has 0 bridgehead atoms. The average molecular weight is 344 g/mol. The molecular weight excluding hydrogens is 336 g/mol. The molecule has 0 saturated carbocycles. The zero-order chi connectivity index (χ0) is 14.2. The molecule has 19 heavy (non-hydrogen) atoms. The molecule has 0 unspecified atom stereocenters. The summed E-state index contributed by atoms with van der Waals surface area (Å²) in [7, 11) is 0. The number of hydrogen-bond donors (Lipinski definition) is 1. The molecule has 1 N–H and O–H groups in total. The summed E-state index contributed by atoms with van der Waals surface area (Å²) in [6, 6.07) is 5.08. The van der Waals surface area contributed by atoms with Crippen LogP contribution in [-0.2, 0) is 0 Å². The fourth-order valence-electron chi connectivity index (χ4n) is 1.54. The van der Waals surface area contributed by atoms with Gasteiger partial charge in [-0.05, 0) is 25.1 Å². The van der Waals surface area contributed by atoms with Crippen LogP contribution in [0.15, 0.2) is 33.7 Å². The first-order valence-electron chi connectivity index (χ1n) is 5.19. The molecule has 2 aromatic rings. The molecule has 0 atom stereocenters. The number of aryl methyl sites for hydroxylation is 1. The monoisotopic (exact) mass is 342 g/mol. The van der Waals surface area contributed by atoms with Crippen molar-refractivity contribution in [1.29, 1.82) is 0 Å². The standard InChI is InChI=1S/C12H8BrClN2O3/c1-6-5-16(15-10(11(6)17)12(18)19)9-4-7(13)2-3-8(9)14/h2-5H,1H3,(H,18,19). The number of rotatable bonds is 2. The summed E-state index contributed by atoms with van der Waals surface area (Å²) in [6.45, 7) is 1.53. The Morgan fingerprint density at radius 2 is 2.16 bits per heavy atom. The van der Waals surface area contributed by atoms with E-state index < -0.39 is 17.1 Å². The van der Waals surface area contributed by atoms with E-state index in [4.69, 9.17) is 16.7 Å². The lowest BCUT2D eigenvalue weighted by Crippen LogP contribution is -2.23. The molecule has 7 heteroatoms. The van der Waals surface area contributed by atoms with Gasteiger partial charge in [-0.25, -0.2) is 9.48 Å². The number of nitrogens with zero attached hydrogens (tertiary/aromatic N) is 2. The van der Waals surface area contributed by atoms with Crippen molar-refractivity contribution in [2.75, 3.05) is 0 Å². The first kappa shape index (κ1) is 13.8. The van der Waals surface area contributed by atoms with Gasteiger partial charge in [0, 0.05) is 16.2 Å². The third-order valence-electron chi connectivity index (χ3n) is 2.45.